The van der Waals surface area contributed by atoms with Crippen LogP contribution in [0.15, 0.2) is 42.7 Å². The normalized spacial score (nSPS) is 10.2. The lowest BCUT2D eigenvalue weighted by Crippen LogP contribution is -1.88. The lowest BCUT2D eigenvalue weighted by atomic mass is 10.1. The topological polar surface area (TPSA) is 63.9 Å². The summed E-state index contributed by atoms with van der Waals surface area (Å²) in [6, 6.07) is 9.71. The number of nitrogens with zero attached hydrogens (tertiary/aromatic N) is 1. The van der Waals surface area contributed by atoms with Crippen molar-refractivity contribution in [3.05, 3.63) is 42.7 Å². The average molecular weight is 276 g/mol. The highest BCUT2D eigenvalue weighted by Crippen LogP contribution is 2.30. The van der Waals surface area contributed by atoms with Gasteiger partial charge in [0.25, 0.3) is 0 Å². The van der Waals surface area contributed by atoms with Crippen molar-refractivity contribution in [3.63, 3.8) is 0 Å². The number of aromatic nitrogens is 2. The molecule has 2 heterocycles. The summed E-state index contributed by atoms with van der Waals surface area (Å²) in [5, 5.41) is 1.11. The minimum absolute atomic E-state index is 0. The van der Waals surface area contributed by atoms with Crippen molar-refractivity contribution in [1.29, 1.82) is 0 Å². The number of fused-ring (bicyclic) bond motifs is 1. The Morgan fingerprint density at radius 2 is 2.05 bits per heavy atom. The largest absolute Gasteiger partial charge is 0.497 e. The van der Waals surface area contributed by atoms with Gasteiger partial charge in [-0.25, -0.2) is 4.98 Å². The van der Waals surface area contributed by atoms with Crippen LogP contribution in [0.5, 0.6) is 5.75 Å². The van der Waals surface area contributed by atoms with E-state index in [1.165, 1.54) is 0 Å². The van der Waals surface area contributed by atoms with Crippen LogP contribution in [0.2, 0.25) is 0 Å². The van der Waals surface area contributed by atoms with Crippen LogP contribution in [0.4, 0.5) is 5.82 Å². The fourth-order valence-corrected chi connectivity index (χ4v) is 2.03. The van der Waals surface area contributed by atoms with Crippen LogP contribution < -0.4 is 10.5 Å². The molecule has 0 atom stereocenters. The number of H-pyrrole nitrogens is 1. The molecule has 4 nitrogen and oxygen atoms in total. The third-order valence-electron chi connectivity index (χ3n) is 2.99. The fourth-order valence-electron chi connectivity index (χ4n) is 2.03. The Kier molecular flexibility index (Phi) is 3.62. The number of pyridine rings is 1. The van der Waals surface area contributed by atoms with Crippen LogP contribution in [0, 0.1) is 0 Å². The average Bonchev–Trinajstić information content (AvgIpc) is 2.82. The smallest absolute Gasteiger partial charge is 0.123 e. The number of hydrogen-bond donors (Lipinski definition) is 2. The van der Waals surface area contributed by atoms with Crippen LogP contribution in [0.25, 0.3) is 22.0 Å². The Labute approximate surface area is 117 Å². The second-order valence-electron chi connectivity index (χ2n) is 4.09. The first-order valence-corrected chi connectivity index (χ1v) is 5.65. The number of benzene rings is 1. The summed E-state index contributed by atoms with van der Waals surface area (Å²) in [5.41, 5.74) is 8.80. The predicted molar refractivity (Wildman–Crippen MR) is 79.7 cm³/mol. The van der Waals surface area contributed by atoms with Gasteiger partial charge in [-0.15, -0.1) is 12.4 Å². The molecule has 5 heteroatoms. The minimum atomic E-state index is 0. The molecule has 0 aliphatic rings. The lowest BCUT2D eigenvalue weighted by molar-refractivity contribution is 0.415. The van der Waals surface area contributed by atoms with Crippen molar-refractivity contribution < 1.29 is 4.74 Å². The summed E-state index contributed by atoms with van der Waals surface area (Å²) < 4.78 is 5.25. The summed E-state index contributed by atoms with van der Waals surface area (Å²) in [4.78, 5) is 7.36. The molecule has 0 saturated carbocycles. The maximum atomic E-state index is 5.60. The Hall–Kier alpha value is -2.20. The van der Waals surface area contributed by atoms with Crippen molar-refractivity contribution >= 4 is 29.1 Å². The molecule has 3 aromatic rings. The van der Waals surface area contributed by atoms with E-state index in [1.54, 1.807) is 19.4 Å². The van der Waals surface area contributed by atoms with Crippen LogP contribution in [-0.4, -0.2) is 17.1 Å². The molecule has 3 N–H and O–H groups in total. The first-order valence-electron chi connectivity index (χ1n) is 5.65. The standard InChI is InChI=1S/C14H13N3O.ClH/c1-18-10-3-4-13-11(6-10)12(8-16-13)9-2-5-14(15)17-7-9;/h2-8,16H,1H3,(H2,15,17);1H. The SMILES string of the molecule is COc1ccc2[nH]cc(-c3ccc(N)nc3)c2c1.Cl. The van der Waals surface area contributed by atoms with Gasteiger partial charge in [0.1, 0.15) is 11.6 Å². The second kappa shape index (κ2) is 5.20. The zero-order valence-corrected chi connectivity index (χ0v) is 11.2. The Morgan fingerprint density at radius 3 is 2.74 bits per heavy atom. The maximum absolute atomic E-state index is 5.60. The second-order valence-corrected chi connectivity index (χ2v) is 4.09. The number of rotatable bonds is 2. The lowest BCUT2D eigenvalue weighted by Gasteiger charge is -2.02. The minimum Gasteiger partial charge on any atom is -0.497 e. The molecule has 0 bridgehead atoms. The molecule has 0 amide bonds. The molecular formula is C14H14ClN3O. The van der Waals surface area contributed by atoms with E-state index >= 15 is 0 Å². The van der Waals surface area contributed by atoms with Gasteiger partial charge in [-0.3, -0.25) is 0 Å². The van der Waals surface area contributed by atoms with Crippen LogP contribution in [-0.2, 0) is 0 Å². The van der Waals surface area contributed by atoms with Crippen molar-refractivity contribution in [2.75, 3.05) is 12.8 Å². The molecule has 0 unspecified atom stereocenters. The zero-order valence-electron chi connectivity index (χ0n) is 10.4. The number of ether oxygens (including phenoxy) is 1. The Balaban J connectivity index is 0.00000133. The molecule has 1 aromatic carbocycles. The molecule has 0 aliphatic heterocycles. The van der Waals surface area contributed by atoms with Crippen molar-refractivity contribution in [2.45, 2.75) is 0 Å². The number of nitrogens with one attached hydrogen (secondary N) is 1. The molecule has 3 rings (SSSR count). The van der Waals surface area contributed by atoms with Gasteiger partial charge in [0.2, 0.25) is 0 Å². The number of halogens is 1. The van der Waals surface area contributed by atoms with E-state index in [1.807, 2.05) is 30.5 Å². The van der Waals surface area contributed by atoms with Crippen LogP contribution in [0.1, 0.15) is 0 Å². The van der Waals surface area contributed by atoms with Gasteiger partial charge < -0.3 is 15.5 Å². The van der Waals surface area contributed by atoms with Crippen molar-refractivity contribution in [2.24, 2.45) is 0 Å². The Bertz CT molecular complexity index is 691. The summed E-state index contributed by atoms with van der Waals surface area (Å²) in [5.74, 6) is 1.36. The van der Waals surface area contributed by atoms with Gasteiger partial charge in [0.15, 0.2) is 0 Å². The molecule has 0 radical (unpaired) electrons. The summed E-state index contributed by atoms with van der Waals surface area (Å²) in [6.07, 6.45) is 3.74. The van der Waals surface area contributed by atoms with Crippen LogP contribution >= 0.6 is 12.4 Å². The number of aromatic amines is 1. The highest BCUT2D eigenvalue weighted by molar-refractivity contribution is 5.96. The van der Waals surface area contributed by atoms with E-state index in [9.17, 15) is 0 Å². The van der Waals surface area contributed by atoms with E-state index in [2.05, 4.69) is 9.97 Å². The van der Waals surface area contributed by atoms with E-state index in [4.69, 9.17) is 10.5 Å². The number of hydrogen-bond acceptors (Lipinski definition) is 3. The van der Waals surface area contributed by atoms with Gasteiger partial charge in [-0.1, -0.05) is 0 Å². The molecule has 0 spiro atoms. The van der Waals surface area contributed by atoms with E-state index in [0.29, 0.717) is 5.82 Å². The third-order valence-corrected chi connectivity index (χ3v) is 2.99. The number of methoxy groups -OCH3 is 1. The zero-order chi connectivity index (χ0) is 12.5. The summed E-state index contributed by atoms with van der Waals surface area (Å²) in [7, 11) is 1.66. The van der Waals surface area contributed by atoms with Gasteiger partial charge in [-0.05, 0) is 30.3 Å². The maximum Gasteiger partial charge on any atom is 0.123 e. The fraction of sp³-hybridized carbons (Fsp3) is 0.0714. The molecule has 98 valence electrons. The highest BCUT2D eigenvalue weighted by atomic mass is 35.5. The van der Waals surface area contributed by atoms with Gasteiger partial charge in [0, 0.05) is 34.4 Å². The number of anilines is 1. The van der Waals surface area contributed by atoms with Gasteiger partial charge in [0.05, 0.1) is 7.11 Å². The first kappa shape index (κ1) is 13.2. The molecule has 0 saturated heterocycles. The Morgan fingerprint density at radius 1 is 1.21 bits per heavy atom. The molecular weight excluding hydrogens is 262 g/mol. The monoisotopic (exact) mass is 275 g/mol. The van der Waals surface area contributed by atoms with Gasteiger partial charge in [-0.2, -0.15) is 0 Å². The molecule has 0 fully saturated rings. The number of nitrogens with two attached hydrogens (primary N) is 1. The summed E-state index contributed by atoms with van der Waals surface area (Å²) in [6.45, 7) is 0. The van der Waals surface area contributed by atoms with E-state index in [0.717, 1.165) is 27.8 Å². The molecule has 19 heavy (non-hydrogen) atoms. The predicted octanol–water partition coefficient (Wildman–Crippen LogP) is 3.24. The van der Waals surface area contributed by atoms with E-state index in [-0.39, 0.29) is 12.4 Å². The van der Waals surface area contributed by atoms with Gasteiger partial charge >= 0.3 is 0 Å². The molecule has 2 aromatic heterocycles. The third kappa shape index (κ3) is 2.35. The molecule has 0 aliphatic carbocycles. The van der Waals surface area contributed by atoms with Crippen molar-refractivity contribution in [3.8, 4) is 16.9 Å². The van der Waals surface area contributed by atoms with E-state index < -0.39 is 0 Å². The first-order chi connectivity index (χ1) is 8.78. The summed E-state index contributed by atoms with van der Waals surface area (Å²) >= 11 is 0. The highest BCUT2D eigenvalue weighted by Gasteiger charge is 2.07. The van der Waals surface area contributed by atoms with Crippen LogP contribution in [0.3, 0.4) is 0 Å². The number of nitrogen functional groups attached to an aromatic ring is 1. The van der Waals surface area contributed by atoms with Crippen molar-refractivity contribution in [1.82, 2.24) is 9.97 Å². The quantitative estimate of drug-likeness (QED) is 0.755.